The summed E-state index contributed by atoms with van der Waals surface area (Å²) in [6.07, 6.45) is 6.22. The summed E-state index contributed by atoms with van der Waals surface area (Å²) in [5.74, 6) is 0.836. The molecule has 0 aliphatic carbocycles. The van der Waals surface area contributed by atoms with Crippen molar-refractivity contribution in [3.05, 3.63) is 52.9 Å². The monoisotopic (exact) mass is 354 g/mol. The minimum atomic E-state index is 0.375. The Morgan fingerprint density at radius 1 is 1.32 bits per heavy atom. The van der Waals surface area contributed by atoms with E-state index in [1.54, 1.807) is 11.3 Å². The standard InChI is InChI=1S/C18H22N6S/c1-13-5-6-17(19-10-13)21-18-20-15(12-25-18)16-4-3-8-24(16)11-14-7-9-23(2)22-14/h5-7,9-10,12,16H,3-4,8,11H2,1-2H3,(H,19,20,21). The maximum atomic E-state index is 4.81. The Kier molecular flexibility index (Phi) is 4.50. The number of aryl methyl sites for hydroxylation is 2. The maximum Gasteiger partial charge on any atom is 0.188 e. The van der Waals surface area contributed by atoms with Crippen molar-refractivity contribution in [2.75, 3.05) is 11.9 Å². The first-order chi connectivity index (χ1) is 12.2. The predicted molar refractivity (Wildman–Crippen MR) is 100.0 cm³/mol. The van der Waals surface area contributed by atoms with Crippen LogP contribution in [-0.4, -0.2) is 31.2 Å². The average molecular weight is 354 g/mol. The minimum absolute atomic E-state index is 0.375. The molecule has 0 amide bonds. The van der Waals surface area contributed by atoms with E-state index in [4.69, 9.17) is 4.98 Å². The number of nitrogens with zero attached hydrogens (tertiary/aromatic N) is 5. The van der Waals surface area contributed by atoms with Gasteiger partial charge in [-0.3, -0.25) is 9.58 Å². The number of likely N-dealkylation sites (tertiary alicyclic amines) is 1. The lowest BCUT2D eigenvalue weighted by Crippen LogP contribution is -2.23. The molecule has 4 rings (SSSR count). The summed E-state index contributed by atoms with van der Waals surface area (Å²) < 4.78 is 1.86. The molecular weight excluding hydrogens is 332 g/mol. The van der Waals surface area contributed by atoms with E-state index in [2.05, 4.69) is 37.8 Å². The topological polar surface area (TPSA) is 58.9 Å². The number of rotatable bonds is 5. The van der Waals surface area contributed by atoms with E-state index >= 15 is 0 Å². The highest BCUT2D eigenvalue weighted by Crippen LogP contribution is 2.34. The molecule has 4 heterocycles. The van der Waals surface area contributed by atoms with Crippen LogP contribution in [0.1, 0.15) is 35.8 Å². The van der Waals surface area contributed by atoms with Crippen molar-refractivity contribution in [2.45, 2.75) is 32.4 Å². The summed E-state index contributed by atoms with van der Waals surface area (Å²) >= 11 is 1.64. The number of aromatic nitrogens is 4. The molecule has 25 heavy (non-hydrogen) atoms. The Balaban J connectivity index is 1.45. The predicted octanol–water partition coefficient (Wildman–Crippen LogP) is 3.66. The molecule has 0 spiro atoms. The summed E-state index contributed by atoms with van der Waals surface area (Å²) in [6, 6.07) is 6.50. The second kappa shape index (κ2) is 6.93. The first-order valence-electron chi connectivity index (χ1n) is 8.55. The smallest absolute Gasteiger partial charge is 0.188 e. The van der Waals surface area contributed by atoms with Crippen LogP contribution in [-0.2, 0) is 13.6 Å². The molecule has 0 saturated carbocycles. The largest absolute Gasteiger partial charge is 0.316 e. The van der Waals surface area contributed by atoms with E-state index in [1.807, 2.05) is 37.1 Å². The Morgan fingerprint density at radius 2 is 2.24 bits per heavy atom. The maximum absolute atomic E-state index is 4.81. The Bertz CT molecular complexity index is 837. The fourth-order valence-electron chi connectivity index (χ4n) is 3.25. The van der Waals surface area contributed by atoms with Gasteiger partial charge in [0.1, 0.15) is 5.82 Å². The van der Waals surface area contributed by atoms with Crippen molar-refractivity contribution in [2.24, 2.45) is 7.05 Å². The first-order valence-corrected chi connectivity index (χ1v) is 9.43. The van der Waals surface area contributed by atoms with Crippen LogP contribution in [0, 0.1) is 6.92 Å². The zero-order valence-corrected chi connectivity index (χ0v) is 15.3. The van der Waals surface area contributed by atoms with E-state index in [9.17, 15) is 0 Å². The molecule has 1 atom stereocenters. The lowest BCUT2D eigenvalue weighted by Gasteiger charge is -2.21. The molecule has 0 aromatic carbocycles. The number of hydrogen-bond donors (Lipinski definition) is 1. The van der Waals surface area contributed by atoms with Gasteiger partial charge in [0, 0.05) is 31.4 Å². The summed E-state index contributed by atoms with van der Waals surface area (Å²) in [6.45, 7) is 4.01. The first kappa shape index (κ1) is 16.2. The molecule has 1 fully saturated rings. The Morgan fingerprint density at radius 3 is 3.00 bits per heavy atom. The quantitative estimate of drug-likeness (QED) is 0.758. The van der Waals surface area contributed by atoms with E-state index in [-0.39, 0.29) is 0 Å². The number of hydrogen-bond acceptors (Lipinski definition) is 6. The fraction of sp³-hybridized carbons (Fsp3) is 0.389. The highest BCUT2D eigenvalue weighted by molar-refractivity contribution is 7.13. The van der Waals surface area contributed by atoms with Crippen LogP contribution in [0.4, 0.5) is 10.9 Å². The van der Waals surface area contributed by atoms with Crippen LogP contribution < -0.4 is 5.32 Å². The average Bonchev–Trinajstić information content (AvgIpc) is 3.32. The molecule has 0 bridgehead atoms. The minimum Gasteiger partial charge on any atom is -0.316 e. The fourth-order valence-corrected chi connectivity index (χ4v) is 4.02. The molecule has 1 unspecified atom stereocenters. The van der Waals surface area contributed by atoms with Gasteiger partial charge in [-0.05, 0) is 44.0 Å². The molecule has 1 N–H and O–H groups in total. The van der Waals surface area contributed by atoms with Gasteiger partial charge >= 0.3 is 0 Å². The Hall–Kier alpha value is -2.25. The van der Waals surface area contributed by atoms with Crippen molar-refractivity contribution in [3.63, 3.8) is 0 Å². The highest BCUT2D eigenvalue weighted by Gasteiger charge is 2.28. The summed E-state index contributed by atoms with van der Waals surface area (Å²) in [4.78, 5) is 11.7. The molecule has 3 aromatic rings. The zero-order valence-electron chi connectivity index (χ0n) is 14.5. The van der Waals surface area contributed by atoms with Gasteiger partial charge < -0.3 is 5.32 Å². The van der Waals surface area contributed by atoms with E-state index in [0.717, 1.165) is 47.4 Å². The van der Waals surface area contributed by atoms with Crippen molar-refractivity contribution in [1.29, 1.82) is 0 Å². The van der Waals surface area contributed by atoms with Crippen molar-refractivity contribution in [3.8, 4) is 0 Å². The number of nitrogens with one attached hydrogen (secondary N) is 1. The van der Waals surface area contributed by atoms with Gasteiger partial charge in [-0.15, -0.1) is 11.3 Å². The van der Waals surface area contributed by atoms with Crippen LogP contribution in [0.25, 0.3) is 0 Å². The Labute approximate surface area is 151 Å². The normalized spacial score (nSPS) is 17.9. The van der Waals surface area contributed by atoms with E-state index in [0.29, 0.717) is 6.04 Å². The molecule has 1 aliphatic heterocycles. The number of thiazole rings is 1. The van der Waals surface area contributed by atoms with Gasteiger partial charge in [-0.1, -0.05) is 6.07 Å². The molecule has 1 saturated heterocycles. The van der Waals surface area contributed by atoms with Crippen LogP contribution in [0.15, 0.2) is 36.0 Å². The number of pyridine rings is 1. The highest BCUT2D eigenvalue weighted by atomic mass is 32.1. The molecular formula is C18H22N6S. The van der Waals surface area contributed by atoms with Crippen molar-refractivity contribution in [1.82, 2.24) is 24.6 Å². The third kappa shape index (κ3) is 3.72. The van der Waals surface area contributed by atoms with E-state index < -0.39 is 0 Å². The van der Waals surface area contributed by atoms with Gasteiger partial charge in [0.2, 0.25) is 0 Å². The second-order valence-electron chi connectivity index (χ2n) is 6.53. The van der Waals surface area contributed by atoms with Crippen LogP contribution >= 0.6 is 11.3 Å². The van der Waals surface area contributed by atoms with E-state index in [1.165, 1.54) is 6.42 Å². The molecule has 0 radical (unpaired) electrons. The zero-order chi connectivity index (χ0) is 17.2. The molecule has 1 aliphatic rings. The third-order valence-corrected chi connectivity index (χ3v) is 5.28. The lowest BCUT2D eigenvalue weighted by atomic mass is 10.1. The summed E-state index contributed by atoms with van der Waals surface area (Å²) in [5.41, 5.74) is 3.42. The molecule has 3 aromatic heterocycles. The third-order valence-electron chi connectivity index (χ3n) is 4.51. The lowest BCUT2D eigenvalue weighted by molar-refractivity contribution is 0.241. The van der Waals surface area contributed by atoms with Gasteiger partial charge in [0.15, 0.2) is 5.13 Å². The van der Waals surface area contributed by atoms with Gasteiger partial charge in [-0.25, -0.2) is 9.97 Å². The SMILES string of the molecule is Cc1ccc(Nc2nc(C3CCCN3Cc3ccn(C)n3)cs2)nc1. The second-order valence-corrected chi connectivity index (χ2v) is 7.39. The van der Waals surface area contributed by atoms with Crippen LogP contribution in [0.5, 0.6) is 0 Å². The van der Waals surface area contributed by atoms with Crippen LogP contribution in [0.2, 0.25) is 0 Å². The van der Waals surface area contributed by atoms with Crippen LogP contribution in [0.3, 0.4) is 0 Å². The molecule has 7 heteroatoms. The molecule has 130 valence electrons. The van der Waals surface area contributed by atoms with Crippen molar-refractivity contribution >= 4 is 22.3 Å². The van der Waals surface area contributed by atoms with Gasteiger partial charge in [0.25, 0.3) is 0 Å². The summed E-state index contributed by atoms with van der Waals surface area (Å²) in [7, 11) is 1.96. The summed E-state index contributed by atoms with van der Waals surface area (Å²) in [5, 5.41) is 10.9. The van der Waals surface area contributed by atoms with Crippen molar-refractivity contribution < 1.29 is 0 Å². The molecule has 6 nitrogen and oxygen atoms in total. The van der Waals surface area contributed by atoms with Gasteiger partial charge in [-0.2, -0.15) is 5.10 Å². The van der Waals surface area contributed by atoms with Gasteiger partial charge in [0.05, 0.1) is 17.4 Å². The number of anilines is 2.